The van der Waals surface area contributed by atoms with Gasteiger partial charge in [0, 0.05) is 23.7 Å². The molecule has 20 heavy (non-hydrogen) atoms. The van der Waals surface area contributed by atoms with Crippen LogP contribution in [-0.4, -0.2) is 11.9 Å². The molecule has 1 unspecified atom stereocenters. The molecule has 0 radical (unpaired) electrons. The van der Waals surface area contributed by atoms with Gasteiger partial charge in [0.2, 0.25) is 5.91 Å². The summed E-state index contributed by atoms with van der Waals surface area (Å²) in [7, 11) is 0. The average molecular weight is 268 g/mol. The zero-order valence-electron chi connectivity index (χ0n) is 11.7. The van der Waals surface area contributed by atoms with Gasteiger partial charge in [-0.15, -0.1) is 0 Å². The van der Waals surface area contributed by atoms with Crippen molar-refractivity contribution in [1.29, 1.82) is 0 Å². The van der Waals surface area contributed by atoms with E-state index >= 15 is 0 Å². The fourth-order valence-corrected chi connectivity index (χ4v) is 2.03. The maximum absolute atomic E-state index is 11.9. The minimum Gasteiger partial charge on any atom is -0.328 e. The molecule has 104 valence electrons. The van der Waals surface area contributed by atoms with E-state index in [-0.39, 0.29) is 11.9 Å². The van der Waals surface area contributed by atoms with Gasteiger partial charge >= 0.3 is 0 Å². The number of hydrogen-bond donors (Lipinski definition) is 2. The minimum atomic E-state index is 0.00526. The van der Waals surface area contributed by atoms with Crippen LogP contribution in [0.25, 0.3) is 11.1 Å². The highest BCUT2D eigenvalue weighted by atomic mass is 16.1. The van der Waals surface area contributed by atoms with E-state index in [1.165, 1.54) is 0 Å². The smallest absolute Gasteiger partial charge is 0.224 e. The van der Waals surface area contributed by atoms with Gasteiger partial charge in [-0.05, 0) is 25.0 Å². The van der Waals surface area contributed by atoms with Gasteiger partial charge in [-0.3, -0.25) is 4.79 Å². The van der Waals surface area contributed by atoms with Gasteiger partial charge in [0.25, 0.3) is 0 Å². The maximum atomic E-state index is 11.9. The lowest BCUT2D eigenvalue weighted by Gasteiger charge is -2.12. The average Bonchev–Trinajstić information content (AvgIpc) is 2.47. The van der Waals surface area contributed by atoms with Crippen molar-refractivity contribution < 1.29 is 4.79 Å². The summed E-state index contributed by atoms with van der Waals surface area (Å²) in [5, 5.41) is 2.97. The minimum absolute atomic E-state index is 0.00526. The van der Waals surface area contributed by atoms with Gasteiger partial charge in [-0.2, -0.15) is 0 Å². The molecule has 0 aliphatic heterocycles. The van der Waals surface area contributed by atoms with Crippen LogP contribution in [0.5, 0.6) is 0 Å². The first-order valence-corrected chi connectivity index (χ1v) is 6.86. The molecule has 0 aliphatic rings. The predicted molar refractivity (Wildman–Crippen MR) is 83.4 cm³/mol. The first-order chi connectivity index (χ1) is 9.66. The SMILES string of the molecule is CC(N)CCC(=O)Nc1ccccc1-c1ccccc1. The zero-order chi connectivity index (χ0) is 14.4. The molecule has 1 amide bonds. The lowest BCUT2D eigenvalue weighted by molar-refractivity contribution is -0.116. The van der Waals surface area contributed by atoms with Gasteiger partial charge in [0.05, 0.1) is 0 Å². The lowest BCUT2D eigenvalue weighted by atomic mass is 10.0. The van der Waals surface area contributed by atoms with Crippen LogP contribution in [0.3, 0.4) is 0 Å². The molecule has 0 saturated carbocycles. The van der Waals surface area contributed by atoms with Crippen LogP contribution in [0.1, 0.15) is 19.8 Å². The molecular formula is C17H20N2O. The van der Waals surface area contributed by atoms with Crippen LogP contribution in [0, 0.1) is 0 Å². The number of amides is 1. The molecule has 0 saturated heterocycles. The van der Waals surface area contributed by atoms with Crippen molar-refractivity contribution in [2.75, 3.05) is 5.32 Å². The van der Waals surface area contributed by atoms with Crippen LogP contribution in [-0.2, 0) is 4.79 Å². The number of benzene rings is 2. The molecule has 0 heterocycles. The fraction of sp³-hybridized carbons (Fsp3) is 0.235. The van der Waals surface area contributed by atoms with Gasteiger partial charge in [0.15, 0.2) is 0 Å². The summed E-state index contributed by atoms with van der Waals surface area (Å²) in [5.74, 6) is 0.00526. The Hall–Kier alpha value is -2.13. The molecule has 3 N–H and O–H groups in total. The second kappa shape index (κ2) is 6.87. The Morgan fingerprint density at radius 1 is 1.10 bits per heavy atom. The third-order valence-electron chi connectivity index (χ3n) is 3.11. The summed E-state index contributed by atoms with van der Waals surface area (Å²) < 4.78 is 0. The fourth-order valence-electron chi connectivity index (χ4n) is 2.03. The molecule has 1 atom stereocenters. The normalized spacial score (nSPS) is 11.9. The second-order valence-electron chi connectivity index (χ2n) is 4.98. The molecule has 0 fully saturated rings. The molecule has 3 heteroatoms. The molecule has 0 spiro atoms. The predicted octanol–water partition coefficient (Wildman–Crippen LogP) is 3.42. The number of anilines is 1. The van der Waals surface area contributed by atoms with Crippen molar-refractivity contribution in [1.82, 2.24) is 0 Å². The number of hydrogen-bond acceptors (Lipinski definition) is 2. The van der Waals surface area contributed by atoms with Crippen molar-refractivity contribution in [3.63, 3.8) is 0 Å². The summed E-state index contributed by atoms with van der Waals surface area (Å²) in [4.78, 5) is 11.9. The molecular weight excluding hydrogens is 248 g/mol. The highest BCUT2D eigenvalue weighted by Gasteiger charge is 2.08. The Bertz CT molecular complexity index is 564. The van der Waals surface area contributed by atoms with Crippen molar-refractivity contribution >= 4 is 11.6 Å². The van der Waals surface area contributed by atoms with E-state index in [0.717, 1.165) is 16.8 Å². The van der Waals surface area contributed by atoms with E-state index in [9.17, 15) is 4.79 Å². The number of nitrogens with one attached hydrogen (secondary N) is 1. The van der Waals surface area contributed by atoms with E-state index < -0.39 is 0 Å². The molecule has 3 nitrogen and oxygen atoms in total. The Labute approximate surface area is 119 Å². The zero-order valence-corrected chi connectivity index (χ0v) is 11.7. The van der Waals surface area contributed by atoms with Crippen LogP contribution in [0.4, 0.5) is 5.69 Å². The maximum Gasteiger partial charge on any atom is 0.224 e. The number of rotatable bonds is 5. The summed E-state index contributed by atoms with van der Waals surface area (Å²) in [5.41, 5.74) is 8.64. The molecule has 2 rings (SSSR count). The topological polar surface area (TPSA) is 55.1 Å². The monoisotopic (exact) mass is 268 g/mol. The van der Waals surface area contributed by atoms with Crippen molar-refractivity contribution in [3.8, 4) is 11.1 Å². The van der Waals surface area contributed by atoms with Gasteiger partial charge in [0.1, 0.15) is 0 Å². The highest BCUT2D eigenvalue weighted by Crippen LogP contribution is 2.27. The quantitative estimate of drug-likeness (QED) is 0.873. The Morgan fingerprint density at radius 2 is 1.75 bits per heavy atom. The van der Waals surface area contributed by atoms with E-state index in [1.807, 2.05) is 61.5 Å². The number of nitrogens with two attached hydrogens (primary N) is 1. The Morgan fingerprint density at radius 3 is 2.45 bits per heavy atom. The summed E-state index contributed by atoms with van der Waals surface area (Å²) in [6.07, 6.45) is 1.14. The third-order valence-corrected chi connectivity index (χ3v) is 3.11. The Kier molecular flexibility index (Phi) is 4.91. The number of para-hydroxylation sites is 1. The van der Waals surface area contributed by atoms with Crippen molar-refractivity contribution in [2.45, 2.75) is 25.8 Å². The molecule has 0 bridgehead atoms. The second-order valence-corrected chi connectivity index (χ2v) is 4.98. The lowest BCUT2D eigenvalue weighted by Crippen LogP contribution is -2.19. The number of carbonyl (C=O) groups is 1. The highest BCUT2D eigenvalue weighted by molar-refractivity contribution is 5.95. The van der Waals surface area contributed by atoms with Crippen LogP contribution < -0.4 is 11.1 Å². The first kappa shape index (κ1) is 14.3. The van der Waals surface area contributed by atoms with E-state index in [2.05, 4.69) is 5.32 Å². The van der Waals surface area contributed by atoms with E-state index in [4.69, 9.17) is 5.73 Å². The van der Waals surface area contributed by atoms with Crippen molar-refractivity contribution in [2.24, 2.45) is 5.73 Å². The molecule has 2 aromatic rings. The van der Waals surface area contributed by atoms with Crippen LogP contribution >= 0.6 is 0 Å². The number of carbonyl (C=O) groups excluding carboxylic acids is 1. The van der Waals surface area contributed by atoms with Gasteiger partial charge in [-0.25, -0.2) is 0 Å². The third kappa shape index (κ3) is 3.93. The Balaban J connectivity index is 2.15. The van der Waals surface area contributed by atoms with Crippen LogP contribution in [0.15, 0.2) is 54.6 Å². The summed E-state index contributed by atoms with van der Waals surface area (Å²) in [6, 6.07) is 17.9. The van der Waals surface area contributed by atoms with Crippen LogP contribution in [0.2, 0.25) is 0 Å². The van der Waals surface area contributed by atoms with Gasteiger partial charge in [-0.1, -0.05) is 48.5 Å². The van der Waals surface area contributed by atoms with E-state index in [1.54, 1.807) is 0 Å². The summed E-state index contributed by atoms with van der Waals surface area (Å²) in [6.45, 7) is 1.91. The standard InChI is InChI=1S/C17H20N2O/c1-13(18)11-12-17(20)19-16-10-6-5-9-15(16)14-7-3-2-4-8-14/h2-10,13H,11-12,18H2,1H3,(H,19,20). The van der Waals surface area contributed by atoms with Crippen molar-refractivity contribution in [3.05, 3.63) is 54.6 Å². The largest absolute Gasteiger partial charge is 0.328 e. The molecule has 0 aromatic heterocycles. The summed E-state index contributed by atoms with van der Waals surface area (Å²) >= 11 is 0. The first-order valence-electron chi connectivity index (χ1n) is 6.86. The van der Waals surface area contributed by atoms with Gasteiger partial charge < -0.3 is 11.1 Å². The molecule has 0 aliphatic carbocycles. The van der Waals surface area contributed by atoms with E-state index in [0.29, 0.717) is 12.8 Å². The molecule has 2 aromatic carbocycles.